The predicted molar refractivity (Wildman–Crippen MR) is 57.9 cm³/mol. The number of hydrogen-bond acceptors (Lipinski definition) is 3. The monoisotopic (exact) mass is 201 g/mol. The van der Waals surface area contributed by atoms with E-state index in [4.69, 9.17) is 10.5 Å². The summed E-state index contributed by atoms with van der Waals surface area (Å²) in [6, 6.07) is -0.448. The average Bonchev–Trinajstić information content (AvgIpc) is 2.13. The number of nitrogens with two attached hydrogens (primary N) is 1. The fourth-order valence-corrected chi connectivity index (χ4v) is 0.949. The van der Waals surface area contributed by atoms with Crippen molar-refractivity contribution >= 4 is 5.97 Å². The normalized spacial score (nSPS) is 15.3. The Kier molecular flexibility index (Phi) is 6.54. The minimum Gasteiger partial charge on any atom is -0.461 e. The third-order valence-corrected chi connectivity index (χ3v) is 2.41. The van der Waals surface area contributed by atoms with Gasteiger partial charge in [0, 0.05) is 0 Å². The van der Waals surface area contributed by atoms with Crippen molar-refractivity contribution in [3.63, 3.8) is 0 Å². The van der Waals surface area contributed by atoms with Crippen LogP contribution in [0.5, 0.6) is 0 Å². The van der Waals surface area contributed by atoms with Crippen molar-refractivity contribution < 1.29 is 9.53 Å². The third kappa shape index (κ3) is 5.22. The largest absolute Gasteiger partial charge is 0.461 e. The molecule has 0 aromatic heterocycles. The van der Waals surface area contributed by atoms with E-state index in [1.165, 1.54) is 0 Å². The van der Waals surface area contributed by atoms with Gasteiger partial charge in [0.2, 0.25) is 0 Å². The number of hydrogen-bond donors (Lipinski definition) is 1. The predicted octanol–water partition coefficient (Wildman–Crippen LogP) is 2.09. The van der Waals surface area contributed by atoms with Crippen LogP contribution in [0.3, 0.4) is 0 Å². The first-order valence-corrected chi connectivity index (χ1v) is 5.45. The molecule has 0 spiro atoms. The Morgan fingerprint density at radius 3 is 2.36 bits per heavy atom. The first kappa shape index (κ1) is 13.4. The van der Waals surface area contributed by atoms with E-state index in [9.17, 15) is 4.79 Å². The van der Waals surface area contributed by atoms with Crippen molar-refractivity contribution in [3.8, 4) is 0 Å². The Balaban J connectivity index is 3.82. The zero-order valence-electron chi connectivity index (χ0n) is 9.75. The van der Waals surface area contributed by atoms with Crippen molar-refractivity contribution in [2.75, 3.05) is 0 Å². The van der Waals surface area contributed by atoms with Crippen molar-refractivity contribution in [2.24, 2.45) is 11.7 Å². The summed E-state index contributed by atoms with van der Waals surface area (Å²) in [5, 5.41) is 0. The Morgan fingerprint density at radius 1 is 1.36 bits per heavy atom. The highest BCUT2D eigenvalue weighted by Gasteiger charge is 2.18. The van der Waals surface area contributed by atoms with Gasteiger partial charge in [0.05, 0.1) is 0 Å². The molecule has 84 valence electrons. The van der Waals surface area contributed by atoms with Gasteiger partial charge in [-0.3, -0.25) is 4.79 Å². The molecule has 0 heterocycles. The summed E-state index contributed by atoms with van der Waals surface area (Å²) < 4.78 is 5.21. The van der Waals surface area contributed by atoms with Crippen LogP contribution in [0, 0.1) is 5.92 Å². The van der Waals surface area contributed by atoms with Gasteiger partial charge in [-0.1, -0.05) is 33.6 Å². The molecular formula is C11H23NO2. The molecule has 3 heteroatoms. The molecular weight excluding hydrogens is 178 g/mol. The molecule has 0 radical (unpaired) electrons. The SMILES string of the molecule is CCCC[C@@H](N)C(=O)O[C@@H](C)C(C)C. The highest BCUT2D eigenvalue weighted by Crippen LogP contribution is 2.08. The van der Waals surface area contributed by atoms with Crippen LogP contribution < -0.4 is 5.73 Å². The molecule has 0 amide bonds. The molecule has 0 rings (SSSR count). The van der Waals surface area contributed by atoms with Gasteiger partial charge in [0.1, 0.15) is 12.1 Å². The Bertz CT molecular complexity index is 169. The smallest absolute Gasteiger partial charge is 0.323 e. The molecule has 14 heavy (non-hydrogen) atoms. The number of carbonyl (C=O) groups excluding carboxylic acids is 1. The molecule has 0 aliphatic heterocycles. The number of carbonyl (C=O) groups is 1. The molecule has 3 nitrogen and oxygen atoms in total. The van der Waals surface area contributed by atoms with E-state index in [1.807, 2.05) is 20.8 Å². The molecule has 0 aromatic rings. The van der Waals surface area contributed by atoms with Gasteiger partial charge in [0.25, 0.3) is 0 Å². The molecule has 0 aromatic carbocycles. The number of rotatable bonds is 6. The number of unbranched alkanes of at least 4 members (excludes halogenated alkanes) is 1. The van der Waals surface area contributed by atoms with Gasteiger partial charge in [-0.05, 0) is 19.3 Å². The molecule has 0 saturated carbocycles. The summed E-state index contributed by atoms with van der Waals surface area (Å²) in [4.78, 5) is 11.4. The highest BCUT2D eigenvalue weighted by atomic mass is 16.5. The van der Waals surface area contributed by atoms with E-state index in [-0.39, 0.29) is 12.1 Å². The Hall–Kier alpha value is -0.570. The molecule has 0 fully saturated rings. The van der Waals surface area contributed by atoms with Crippen LogP contribution >= 0.6 is 0 Å². The first-order valence-electron chi connectivity index (χ1n) is 5.45. The summed E-state index contributed by atoms with van der Waals surface area (Å²) >= 11 is 0. The van der Waals surface area contributed by atoms with E-state index in [0.29, 0.717) is 5.92 Å². The molecule has 0 aliphatic carbocycles. The zero-order valence-corrected chi connectivity index (χ0v) is 9.75. The van der Waals surface area contributed by atoms with Gasteiger partial charge in [-0.2, -0.15) is 0 Å². The molecule has 0 aliphatic rings. The standard InChI is InChI=1S/C11H23NO2/c1-5-6-7-10(12)11(13)14-9(4)8(2)3/h8-10H,5-7,12H2,1-4H3/t9-,10+/m0/s1. The van der Waals surface area contributed by atoms with Crippen LogP contribution in [-0.4, -0.2) is 18.1 Å². The molecule has 2 atom stereocenters. The molecule has 0 saturated heterocycles. The summed E-state index contributed by atoms with van der Waals surface area (Å²) in [5.74, 6) is 0.0805. The van der Waals surface area contributed by atoms with Crippen molar-refractivity contribution in [1.29, 1.82) is 0 Å². The maximum atomic E-state index is 11.4. The van der Waals surface area contributed by atoms with Crippen LogP contribution in [0.1, 0.15) is 47.0 Å². The topological polar surface area (TPSA) is 52.3 Å². The lowest BCUT2D eigenvalue weighted by molar-refractivity contribution is -0.152. The van der Waals surface area contributed by atoms with Crippen LogP contribution in [0.15, 0.2) is 0 Å². The molecule has 0 bridgehead atoms. The maximum Gasteiger partial charge on any atom is 0.323 e. The van der Waals surface area contributed by atoms with E-state index < -0.39 is 6.04 Å². The van der Waals surface area contributed by atoms with Gasteiger partial charge in [0.15, 0.2) is 0 Å². The Labute approximate surface area is 87.0 Å². The van der Waals surface area contributed by atoms with E-state index in [0.717, 1.165) is 19.3 Å². The lowest BCUT2D eigenvalue weighted by atomic mass is 10.1. The minimum absolute atomic E-state index is 0.0461. The number of esters is 1. The summed E-state index contributed by atoms with van der Waals surface area (Å²) in [5.41, 5.74) is 5.68. The summed E-state index contributed by atoms with van der Waals surface area (Å²) in [6.45, 7) is 8.02. The quantitative estimate of drug-likeness (QED) is 0.669. The van der Waals surface area contributed by atoms with Gasteiger partial charge in [-0.15, -0.1) is 0 Å². The molecule has 2 N–H and O–H groups in total. The molecule has 0 unspecified atom stereocenters. The zero-order chi connectivity index (χ0) is 11.1. The van der Waals surface area contributed by atoms with E-state index in [1.54, 1.807) is 0 Å². The number of ether oxygens (including phenoxy) is 1. The maximum absolute atomic E-state index is 11.4. The lowest BCUT2D eigenvalue weighted by Crippen LogP contribution is -2.35. The first-order chi connectivity index (χ1) is 6.49. The van der Waals surface area contributed by atoms with E-state index >= 15 is 0 Å². The fourth-order valence-electron chi connectivity index (χ4n) is 0.949. The second kappa shape index (κ2) is 6.82. The van der Waals surface area contributed by atoms with Crippen LogP contribution in [0.25, 0.3) is 0 Å². The van der Waals surface area contributed by atoms with Crippen molar-refractivity contribution in [2.45, 2.75) is 59.1 Å². The van der Waals surface area contributed by atoms with Gasteiger partial charge >= 0.3 is 5.97 Å². The summed E-state index contributed by atoms with van der Waals surface area (Å²) in [6.07, 6.45) is 2.71. The Morgan fingerprint density at radius 2 is 1.93 bits per heavy atom. The van der Waals surface area contributed by atoms with Crippen molar-refractivity contribution in [1.82, 2.24) is 0 Å². The summed E-state index contributed by atoms with van der Waals surface area (Å²) in [7, 11) is 0. The van der Waals surface area contributed by atoms with Gasteiger partial charge < -0.3 is 10.5 Å². The van der Waals surface area contributed by atoms with Gasteiger partial charge in [-0.25, -0.2) is 0 Å². The third-order valence-electron chi connectivity index (χ3n) is 2.41. The fraction of sp³-hybridized carbons (Fsp3) is 0.909. The minimum atomic E-state index is -0.448. The van der Waals surface area contributed by atoms with Crippen LogP contribution in [-0.2, 0) is 9.53 Å². The lowest BCUT2D eigenvalue weighted by Gasteiger charge is -2.19. The average molecular weight is 201 g/mol. The van der Waals surface area contributed by atoms with Crippen LogP contribution in [0.2, 0.25) is 0 Å². The van der Waals surface area contributed by atoms with Crippen molar-refractivity contribution in [3.05, 3.63) is 0 Å². The van der Waals surface area contributed by atoms with Crippen LogP contribution in [0.4, 0.5) is 0 Å². The second-order valence-electron chi connectivity index (χ2n) is 4.13. The van der Waals surface area contributed by atoms with E-state index in [2.05, 4.69) is 6.92 Å². The highest BCUT2D eigenvalue weighted by molar-refractivity contribution is 5.75. The second-order valence-corrected chi connectivity index (χ2v) is 4.13.